The molecule has 0 spiro atoms. The number of alkyl halides is 3. The van der Waals surface area contributed by atoms with Crippen molar-refractivity contribution in [1.29, 1.82) is 0 Å². The molecule has 2 aromatic carbocycles. The molecule has 1 aliphatic rings. The molecule has 1 fully saturated rings. The second-order valence-electron chi connectivity index (χ2n) is 8.08. The Morgan fingerprint density at radius 1 is 1.03 bits per heavy atom. The number of carbonyl (C=O) groups excluding carboxylic acids is 2. The van der Waals surface area contributed by atoms with E-state index in [0.717, 1.165) is 6.07 Å². The highest BCUT2D eigenvalue weighted by Gasteiger charge is 2.37. The van der Waals surface area contributed by atoms with Crippen LogP contribution in [-0.4, -0.2) is 48.4 Å². The minimum atomic E-state index is -4.89. The zero-order valence-corrected chi connectivity index (χ0v) is 17.2. The molecule has 0 radical (unpaired) electrons. The summed E-state index contributed by atoms with van der Waals surface area (Å²) in [4.78, 5) is 24.5. The lowest BCUT2D eigenvalue weighted by Gasteiger charge is -2.39. The first kappa shape index (κ1) is 22.5. The van der Waals surface area contributed by atoms with E-state index in [1.807, 2.05) is 0 Å². The van der Waals surface area contributed by atoms with Crippen LogP contribution in [0, 0.1) is 0 Å². The second-order valence-corrected chi connectivity index (χ2v) is 8.08. The van der Waals surface area contributed by atoms with E-state index in [1.165, 1.54) is 17.0 Å². The highest BCUT2D eigenvalue weighted by atomic mass is 19.4. The molecule has 1 heterocycles. The average Bonchev–Trinajstić information content (AvgIpc) is 2.62. The highest BCUT2D eigenvalue weighted by molar-refractivity contribution is 5.79. The number of benzene rings is 2. The van der Waals surface area contributed by atoms with Crippen LogP contribution in [0.25, 0.3) is 11.1 Å². The minimum Gasteiger partial charge on any atom is -0.483 e. The molecule has 0 aliphatic carbocycles. The van der Waals surface area contributed by atoms with Gasteiger partial charge in [-0.2, -0.15) is 0 Å². The van der Waals surface area contributed by atoms with E-state index in [4.69, 9.17) is 9.47 Å². The van der Waals surface area contributed by atoms with E-state index < -0.39 is 29.9 Å². The largest absolute Gasteiger partial charge is 0.573 e. The maximum Gasteiger partial charge on any atom is 0.573 e. The number of rotatable bonds is 5. The van der Waals surface area contributed by atoms with Crippen LogP contribution in [0.4, 0.5) is 18.0 Å². The van der Waals surface area contributed by atoms with Crippen LogP contribution in [-0.2, 0) is 4.74 Å². The summed E-state index contributed by atoms with van der Waals surface area (Å²) in [5.41, 5.74) is 0.970. The van der Waals surface area contributed by atoms with E-state index in [0.29, 0.717) is 23.0 Å². The fraction of sp³-hybridized carbons (Fsp3) is 0.364. The topological polar surface area (TPSA) is 65.1 Å². The van der Waals surface area contributed by atoms with E-state index in [-0.39, 0.29) is 18.8 Å². The molecular formula is C22H22F3NO5. The molecule has 6 nitrogen and oxygen atoms in total. The van der Waals surface area contributed by atoms with Crippen LogP contribution >= 0.6 is 0 Å². The average molecular weight is 437 g/mol. The number of likely N-dealkylation sites (tertiary alicyclic amines) is 1. The molecular weight excluding hydrogens is 415 g/mol. The standard InChI is InChI=1S/C22H22F3NO5/c1-21(2,3)31-20(28)26-11-17(12-26)29-19-10-16(7-8-18(19)30-22(23,24)25)15-6-4-5-14(9-15)13-27/h4-10,13,17H,11-12H2,1-3H3. The van der Waals surface area contributed by atoms with Gasteiger partial charge in [-0.15, -0.1) is 13.2 Å². The van der Waals surface area contributed by atoms with Gasteiger partial charge in [-0.3, -0.25) is 4.79 Å². The molecule has 0 atom stereocenters. The van der Waals surface area contributed by atoms with E-state index in [1.54, 1.807) is 45.0 Å². The van der Waals surface area contributed by atoms with Gasteiger partial charge in [0.15, 0.2) is 11.5 Å². The molecule has 166 valence electrons. The number of halogens is 3. The lowest BCUT2D eigenvalue weighted by molar-refractivity contribution is -0.275. The lowest BCUT2D eigenvalue weighted by Crippen LogP contribution is -2.57. The third-order valence-corrected chi connectivity index (χ3v) is 4.32. The Morgan fingerprint density at radius 3 is 2.32 bits per heavy atom. The first-order valence-corrected chi connectivity index (χ1v) is 9.53. The zero-order chi connectivity index (χ0) is 22.8. The Labute approximate surface area is 177 Å². The molecule has 0 aromatic heterocycles. The van der Waals surface area contributed by atoms with E-state index in [9.17, 15) is 22.8 Å². The van der Waals surface area contributed by atoms with Gasteiger partial charge in [0, 0.05) is 5.56 Å². The Bertz CT molecular complexity index is 962. The van der Waals surface area contributed by atoms with Crippen LogP contribution in [0.3, 0.4) is 0 Å². The predicted molar refractivity (Wildman–Crippen MR) is 106 cm³/mol. The van der Waals surface area contributed by atoms with Crippen molar-refractivity contribution in [3.05, 3.63) is 48.0 Å². The molecule has 0 saturated carbocycles. The minimum absolute atomic E-state index is 0.111. The number of ether oxygens (including phenoxy) is 3. The maximum absolute atomic E-state index is 12.8. The summed E-state index contributed by atoms with van der Waals surface area (Å²) < 4.78 is 53.5. The van der Waals surface area contributed by atoms with Crippen molar-refractivity contribution in [3.63, 3.8) is 0 Å². The predicted octanol–water partition coefficient (Wildman–Crippen LogP) is 5.06. The Morgan fingerprint density at radius 2 is 1.71 bits per heavy atom. The van der Waals surface area contributed by atoms with Crippen molar-refractivity contribution < 1.29 is 37.0 Å². The molecule has 2 aromatic rings. The summed E-state index contributed by atoms with van der Waals surface area (Å²) in [5, 5.41) is 0. The quantitative estimate of drug-likeness (QED) is 0.612. The normalized spacial score (nSPS) is 14.6. The van der Waals surface area contributed by atoms with E-state index in [2.05, 4.69) is 4.74 Å². The van der Waals surface area contributed by atoms with Crippen LogP contribution in [0.1, 0.15) is 31.1 Å². The van der Waals surface area contributed by atoms with Crippen molar-refractivity contribution in [3.8, 4) is 22.6 Å². The number of hydrogen-bond donors (Lipinski definition) is 0. The zero-order valence-electron chi connectivity index (χ0n) is 17.2. The smallest absolute Gasteiger partial charge is 0.483 e. The number of aldehydes is 1. The fourth-order valence-corrected chi connectivity index (χ4v) is 2.95. The summed E-state index contributed by atoms with van der Waals surface area (Å²) in [6.07, 6.45) is -5.24. The fourth-order valence-electron chi connectivity index (χ4n) is 2.95. The molecule has 0 N–H and O–H groups in total. The van der Waals surface area contributed by atoms with Crippen molar-refractivity contribution in [2.45, 2.75) is 38.8 Å². The van der Waals surface area contributed by atoms with E-state index >= 15 is 0 Å². The lowest BCUT2D eigenvalue weighted by atomic mass is 10.0. The molecule has 0 unspecified atom stereocenters. The van der Waals surface area contributed by atoms with Gasteiger partial charge in [0.05, 0.1) is 13.1 Å². The van der Waals surface area contributed by atoms with Crippen molar-refractivity contribution >= 4 is 12.4 Å². The third kappa shape index (κ3) is 6.13. The Hall–Kier alpha value is -3.23. The second kappa shape index (κ2) is 8.49. The number of amides is 1. The SMILES string of the molecule is CC(C)(C)OC(=O)N1CC(Oc2cc(-c3cccc(C=O)c3)ccc2OC(F)(F)F)C1. The first-order chi connectivity index (χ1) is 14.4. The van der Waals surface area contributed by atoms with Crippen molar-refractivity contribution in [2.75, 3.05) is 13.1 Å². The van der Waals surface area contributed by atoms with Gasteiger partial charge in [-0.05, 0) is 50.1 Å². The van der Waals surface area contributed by atoms with Crippen LogP contribution in [0.15, 0.2) is 42.5 Å². The van der Waals surface area contributed by atoms with Gasteiger partial charge in [-0.1, -0.05) is 24.3 Å². The third-order valence-electron chi connectivity index (χ3n) is 4.32. The molecule has 1 saturated heterocycles. The van der Waals surface area contributed by atoms with Gasteiger partial charge in [0.1, 0.15) is 18.0 Å². The molecule has 3 rings (SSSR count). The Balaban J connectivity index is 1.78. The monoisotopic (exact) mass is 437 g/mol. The summed E-state index contributed by atoms with van der Waals surface area (Å²) in [6.45, 7) is 5.57. The molecule has 1 amide bonds. The molecule has 31 heavy (non-hydrogen) atoms. The molecule has 9 heteroatoms. The summed E-state index contributed by atoms with van der Waals surface area (Å²) in [7, 11) is 0. The van der Waals surface area contributed by atoms with Crippen LogP contribution in [0.5, 0.6) is 11.5 Å². The first-order valence-electron chi connectivity index (χ1n) is 9.53. The summed E-state index contributed by atoms with van der Waals surface area (Å²) in [6, 6.07) is 10.7. The number of nitrogens with zero attached hydrogens (tertiary/aromatic N) is 1. The Kier molecular flexibility index (Phi) is 6.15. The van der Waals surface area contributed by atoms with Crippen LogP contribution < -0.4 is 9.47 Å². The highest BCUT2D eigenvalue weighted by Crippen LogP contribution is 2.37. The van der Waals surface area contributed by atoms with Gasteiger partial charge in [0.2, 0.25) is 0 Å². The number of carbonyl (C=O) groups is 2. The number of hydrogen-bond acceptors (Lipinski definition) is 5. The maximum atomic E-state index is 12.8. The van der Waals surface area contributed by atoms with Crippen molar-refractivity contribution in [2.24, 2.45) is 0 Å². The van der Waals surface area contributed by atoms with Crippen molar-refractivity contribution in [1.82, 2.24) is 4.90 Å². The van der Waals surface area contributed by atoms with Gasteiger partial charge in [-0.25, -0.2) is 4.79 Å². The summed E-state index contributed by atoms with van der Waals surface area (Å²) in [5.74, 6) is -0.598. The van der Waals surface area contributed by atoms with Gasteiger partial charge in [0.25, 0.3) is 0 Å². The van der Waals surface area contributed by atoms with Crippen LogP contribution in [0.2, 0.25) is 0 Å². The molecule has 1 aliphatic heterocycles. The molecule has 0 bridgehead atoms. The van der Waals surface area contributed by atoms with Gasteiger partial charge < -0.3 is 19.1 Å². The summed E-state index contributed by atoms with van der Waals surface area (Å²) >= 11 is 0. The van der Waals surface area contributed by atoms with Gasteiger partial charge >= 0.3 is 12.5 Å².